The Hall–Kier alpha value is -2.35. The molecule has 1 saturated heterocycles. The Morgan fingerprint density at radius 1 is 1.29 bits per heavy atom. The lowest BCUT2D eigenvalue weighted by molar-refractivity contribution is -0.139. The van der Waals surface area contributed by atoms with Gasteiger partial charge in [-0.15, -0.1) is 0 Å². The van der Waals surface area contributed by atoms with Crippen molar-refractivity contribution in [1.82, 2.24) is 20.4 Å². The number of hydrogen-bond donors (Lipinski definition) is 2. The van der Waals surface area contributed by atoms with Gasteiger partial charge in [0.2, 0.25) is 5.91 Å². The highest BCUT2D eigenvalue weighted by atomic mass is 19.1. The minimum absolute atomic E-state index is 0.0979. The number of carbonyl (C=O) groups excluding carboxylic acids is 1. The third-order valence-corrected chi connectivity index (χ3v) is 6.20. The zero-order valence-electron chi connectivity index (χ0n) is 19.0. The molecule has 1 heterocycles. The molecule has 1 aliphatic heterocycles. The molecule has 1 aromatic carbocycles. The number of benzene rings is 1. The molecule has 1 aromatic rings. The SMILES string of the molecule is CCNC(=NCCN1CCN(C(=O)C2CCC2)CC1)NC(C)c1ccc(OC)c(F)c1. The highest BCUT2D eigenvalue weighted by Gasteiger charge is 2.31. The molecule has 0 spiro atoms. The number of nitrogens with zero attached hydrogens (tertiary/aromatic N) is 3. The van der Waals surface area contributed by atoms with Crippen LogP contribution in [-0.2, 0) is 4.79 Å². The molecule has 0 bridgehead atoms. The first-order valence-corrected chi connectivity index (χ1v) is 11.4. The van der Waals surface area contributed by atoms with E-state index < -0.39 is 0 Å². The summed E-state index contributed by atoms with van der Waals surface area (Å²) in [5, 5.41) is 6.60. The number of hydrogen-bond acceptors (Lipinski definition) is 4. The predicted molar refractivity (Wildman–Crippen MR) is 121 cm³/mol. The van der Waals surface area contributed by atoms with Gasteiger partial charge in [-0.05, 0) is 44.4 Å². The Balaban J connectivity index is 1.46. The van der Waals surface area contributed by atoms with Crippen molar-refractivity contribution < 1.29 is 13.9 Å². The van der Waals surface area contributed by atoms with Crippen LogP contribution in [0.25, 0.3) is 0 Å². The summed E-state index contributed by atoms with van der Waals surface area (Å²) in [5.74, 6) is 1.22. The van der Waals surface area contributed by atoms with E-state index in [1.54, 1.807) is 6.07 Å². The molecule has 0 aromatic heterocycles. The molecule has 1 aliphatic carbocycles. The van der Waals surface area contributed by atoms with Gasteiger partial charge in [0.15, 0.2) is 17.5 Å². The van der Waals surface area contributed by atoms with Crippen LogP contribution in [0.5, 0.6) is 5.75 Å². The summed E-state index contributed by atoms with van der Waals surface area (Å²) >= 11 is 0. The van der Waals surface area contributed by atoms with E-state index in [9.17, 15) is 9.18 Å². The summed E-state index contributed by atoms with van der Waals surface area (Å²) in [5.41, 5.74) is 0.830. The first-order chi connectivity index (χ1) is 15.0. The van der Waals surface area contributed by atoms with Crippen LogP contribution in [0.4, 0.5) is 4.39 Å². The standard InChI is InChI=1S/C23H36FN5O2/c1-4-25-23(27-17(2)19-8-9-21(31-3)20(24)16-19)26-10-11-28-12-14-29(15-13-28)22(30)18-6-5-7-18/h8-9,16-18H,4-7,10-15H2,1-3H3,(H2,25,26,27). The fourth-order valence-corrected chi connectivity index (χ4v) is 3.97. The van der Waals surface area contributed by atoms with Crippen LogP contribution in [0.15, 0.2) is 23.2 Å². The molecule has 2 N–H and O–H groups in total. The summed E-state index contributed by atoms with van der Waals surface area (Å²) in [6.45, 7) is 9.70. The number of ether oxygens (including phenoxy) is 1. The van der Waals surface area contributed by atoms with Crippen molar-refractivity contribution in [1.29, 1.82) is 0 Å². The third kappa shape index (κ3) is 6.32. The quantitative estimate of drug-likeness (QED) is 0.487. The topological polar surface area (TPSA) is 69.2 Å². The summed E-state index contributed by atoms with van der Waals surface area (Å²) in [4.78, 5) is 21.5. The van der Waals surface area contributed by atoms with E-state index in [1.165, 1.54) is 19.6 Å². The molecule has 1 atom stereocenters. The maximum atomic E-state index is 14.0. The van der Waals surface area contributed by atoms with E-state index in [0.717, 1.165) is 57.7 Å². The number of piperazine rings is 1. The summed E-state index contributed by atoms with van der Waals surface area (Å²) in [6.07, 6.45) is 3.33. The fourth-order valence-electron chi connectivity index (χ4n) is 3.97. The summed E-state index contributed by atoms with van der Waals surface area (Å²) in [6, 6.07) is 4.89. The zero-order valence-corrected chi connectivity index (χ0v) is 19.0. The number of carbonyl (C=O) groups is 1. The smallest absolute Gasteiger partial charge is 0.225 e. The normalized spacial score (nSPS) is 19.0. The van der Waals surface area contributed by atoms with Gasteiger partial charge in [0, 0.05) is 45.2 Å². The molecule has 3 rings (SSSR count). The molecular formula is C23H36FN5O2. The van der Waals surface area contributed by atoms with E-state index in [-0.39, 0.29) is 23.5 Å². The number of nitrogens with one attached hydrogen (secondary N) is 2. The first kappa shape index (κ1) is 23.3. The monoisotopic (exact) mass is 433 g/mol. The molecule has 7 nitrogen and oxygen atoms in total. The van der Waals surface area contributed by atoms with Gasteiger partial charge in [0.25, 0.3) is 0 Å². The lowest BCUT2D eigenvalue weighted by atomic mass is 9.84. The second kappa shape index (κ2) is 11.3. The van der Waals surface area contributed by atoms with Crippen LogP contribution >= 0.6 is 0 Å². The second-order valence-electron chi connectivity index (χ2n) is 8.32. The maximum absolute atomic E-state index is 14.0. The number of guanidine groups is 1. The molecule has 8 heteroatoms. The van der Waals surface area contributed by atoms with Gasteiger partial charge in [0.1, 0.15) is 0 Å². The van der Waals surface area contributed by atoms with Crippen molar-refractivity contribution in [3.8, 4) is 5.75 Å². The van der Waals surface area contributed by atoms with Gasteiger partial charge in [0.05, 0.1) is 19.7 Å². The highest BCUT2D eigenvalue weighted by molar-refractivity contribution is 5.80. The van der Waals surface area contributed by atoms with Gasteiger partial charge in [-0.1, -0.05) is 12.5 Å². The number of aliphatic imine (C=N–C) groups is 1. The Morgan fingerprint density at radius 3 is 2.61 bits per heavy atom. The highest BCUT2D eigenvalue weighted by Crippen LogP contribution is 2.28. The van der Waals surface area contributed by atoms with Crippen molar-refractivity contribution in [3.63, 3.8) is 0 Å². The number of methoxy groups -OCH3 is 1. The van der Waals surface area contributed by atoms with Crippen LogP contribution in [0.3, 0.4) is 0 Å². The van der Waals surface area contributed by atoms with Gasteiger partial charge >= 0.3 is 0 Å². The Bertz CT molecular complexity index is 760. The van der Waals surface area contributed by atoms with Crippen molar-refractivity contribution in [3.05, 3.63) is 29.6 Å². The van der Waals surface area contributed by atoms with Gasteiger partial charge < -0.3 is 20.3 Å². The first-order valence-electron chi connectivity index (χ1n) is 11.4. The molecular weight excluding hydrogens is 397 g/mol. The third-order valence-electron chi connectivity index (χ3n) is 6.20. The number of halogens is 1. The molecule has 0 radical (unpaired) electrons. The van der Waals surface area contributed by atoms with Crippen molar-refractivity contribution in [2.75, 3.05) is 52.9 Å². The van der Waals surface area contributed by atoms with E-state index in [1.807, 2.05) is 24.8 Å². The lowest BCUT2D eigenvalue weighted by Gasteiger charge is -2.38. The average Bonchev–Trinajstić information content (AvgIpc) is 2.73. The van der Waals surface area contributed by atoms with Crippen LogP contribution < -0.4 is 15.4 Å². The van der Waals surface area contributed by atoms with E-state index >= 15 is 0 Å². The maximum Gasteiger partial charge on any atom is 0.225 e. The van der Waals surface area contributed by atoms with E-state index in [2.05, 4.69) is 20.5 Å². The van der Waals surface area contributed by atoms with Gasteiger partial charge in [-0.2, -0.15) is 0 Å². The largest absolute Gasteiger partial charge is 0.494 e. The molecule has 2 fully saturated rings. The lowest BCUT2D eigenvalue weighted by Crippen LogP contribution is -2.51. The molecule has 31 heavy (non-hydrogen) atoms. The predicted octanol–water partition coefficient (Wildman–Crippen LogP) is 2.39. The molecule has 2 aliphatic rings. The van der Waals surface area contributed by atoms with Gasteiger partial charge in [-0.3, -0.25) is 14.7 Å². The summed E-state index contributed by atoms with van der Waals surface area (Å²) < 4.78 is 19.0. The Labute approximate surface area is 185 Å². The number of amides is 1. The molecule has 172 valence electrons. The van der Waals surface area contributed by atoms with Crippen LogP contribution in [0.2, 0.25) is 0 Å². The Morgan fingerprint density at radius 2 is 2.03 bits per heavy atom. The fraction of sp³-hybridized carbons (Fsp3) is 0.652. The molecule has 1 saturated carbocycles. The zero-order chi connectivity index (χ0) is 22.2. The van der Waals surface area contributed by atoms with Crippen molar-refractivity contribution in [2.45, 2.75) is 39.2 Å². The number of rotatable bonds is 8. The minimum Gasteiger partial charge on any atom is -0.494 e. The van der Waals surface area contributed by atoms with Crippen LogP contribution in [-0.4, -0.2) is 74.6 Å². The molecule has 1 amide bonds. The van der Waals surface area contributed by atoms with E-state index in [4.69, 9.17) is 4.74 Å². The van der Waals surface area contributed by atoms with E-state index in [0.29, 0.717) is 18.4 Å². The van der Waals surface area contributed by atoms with Crippen LogP contribution in [0.1, 0.15) is 44.7 Å². The van der Waals surface area contributed by atoms with Crippen LogP contribution in [0, 0.1) is 11.7 Å². The van der Waals surface area contributed by atoms with Gasteiger partial charge in [-0.25, -0.2) is 4.39 Å². The Kier molecular flexibility index (Phi) is 8.51. The average molecular weight is 434 g/mol. The second-order valence-corrected chi connectivity index (χ2v) is 8.32. The summed E-state index contributed by atoms with van der Waals surface area (Å²) in [7, 11) is 1.46. The molecule has 1 unspecified atom stereocenters. The minimum atomic E-state index is -0.370. The van der Waals surface area contributed by atoms with Crippen molar-refractivity contribution in [2.24, 2.45) is 10.9 Å². The van der Waals surface area contributed by atoms with Crippen molar-refractivity contribution >= 4 is 11.9 Å².